The maximum absolute atomic E-state index is 12.8. The number of pyridine rings is 1. The molecule has 0 aliphatic rings. The van der Waals surface area contributed by atoms with Crippen LogP contribution in [0.2, 0.25) is 0 Å². The third kappa shape index (κ3) is 4.72. The second-order valence-corrected chi connectivity index (χ2v) is 6.18. The highest BCUT2D eigenvalue weighted by atomic mass is 32.1. The number of rotatable bonds is 7. The van der Waals surface area contributed by atoms with Crippen LogP contribution in [0.25, 0.3) is 0 Å². The van der Waals surface area contributed by atoms with Crippen LogP contribution in [0.4, 0.5) is 4.39 Å². The molecular formula is C16H19FN2OS. The first-order valence-corrected chi connectivity index (χ1v) is 7.81. The monoisotopic (exact) mass is 306 g/mol. The topological polar surface area (TPSA) is 33.2 Å². The molecule has 0 N–H and O–H groups in total. The van der Waals surface area contributed by atoms with E-state index in [1.165, 1.54) is 17.0 Å². The molecule has 0 bridgehead atoms. The van der Waals surface area contributed by atoms with Crippen LogP contribution in [-0.4, -0.2) is 35.3 Å². The molecule has 5 heteroatoms. The van der Waals surface area contributed by atoms with Crippen LogP contribution in [0.5, 0.6) is 0 Å². The van der Waals surface area contributed by atoms with Crippen LogP contribution < -0.4 is 0 Å². The minimum atomic E-state index is -0.423. The van der Waals surface area contributed by atoms with E-state index in [0.717, 1.165) is 12.6 Å². The number of hydrogen-bond donors (Lipinski definition) is 0. The Morgan fingerprint density at radius 2 is 2.24 bits per heavy atom. The van der Waals surface area contributed by atoms with Crippen LogP contribution in [0.15, 0.2) is 35.8 Å². The van der Waals surface area contributed by atoms with Crippen LogP contribution in [-0.2, 0) is 6.42 Å². The Balaban J connectivity index is 1.81. The third-order valence-corrected chi connectivity index (χ3v) is 4.43. The zero-order valence-electron chi connectivity index (χ0n) is 12.3. The number of hydrogen-bond acceptors (Lipinski definition) is 4. The van der Waals surface area contributed by atoms with Crippen molar-refractivity contribution in [1.29, 1.82) is 0 Å². The summed E-state index contributed by atoms with van der Waals surface area (Å²) in [4.78, 5) is 19.3. The molecule has 0 aromatic carbocycles. The molecule has 2 aromatic rings. The Hall–Kier alpha value is -1.59. The minimum absolute atomic E-state index is 0.0508. The van der Waals surface area contributed by atoms with Crippen molar-refractivity contribution in [2.24, 2.45) is 0 Å². The molecule has 0 saturated heterocycles. The van der Waals surface area contributed by atoms with E-state index in [1.54, 1.807) is 11.3 Å². The molecule has 0 radical (unpaired) electrons. The molecule has 0 aliphatic carbocycles. The lowest BCUT2D eigenvalue weighted by Crippen LogP contribution is -2.32. The fourth-order valence-electron chi connectivity index (χ4n) is 2.04. The van der Waals surface area contributed by atoms with Gasteiger partial charge in [-0.2, -0.15) is 0 Å². The number of halogens is 1. The van der Waals surface area contributed by atoms with Crippen LogP contribution in [0.3, 0.4) is 0 Å². The fourth-order valence-corrected chi connectivity index (χ4v) is 2.87. The van der Waals surface area contributed by atoms with Gasteiger partial charge in [-0.3, -0.25) is 9.78 Å². The Morgan fingerprint density at radius 3 is 2.86 bits per heavy atom. The van der Waals surface area contributed by atoms with Crippen molar-refractivity contribution < 1.29 is 9.18 Å². The fraction of sp³-hybridized carbons (Fsp3) is 0.375. The first kappa shape index (κ1) is 15.8. The van der Waals surface area contributed by atoms with E-state index in [4.69, 9.17) is 0 Å². The summed E-state index contributed by atoms with van der Waals surface area (Å²) in [6.07, 6.45) is 2.46. The summed E-state index contributed by atoms with van der Waals surface area (Å²) in [5.74, 6) is -0.474. The van der Waals surface area contributed by atoms with E-state index in [-0.39, 0.29) is 5.78 Å². The number of Topliss-reactive ketones (excluding diaryl/α,β-unsaturated/α-hetero) is 1. The first-order chi connectivity index (χ1) is 10.1. The molecule has 2 heterocycles. The van der Waals surface area contributed by atoms with E-state index in [9.17, 15) is 9.18 Å². The van der Waals surface area contributed by atoms with Gasteiger partial charge in [0.05, 0.1) is 6.20 Å². The Labute approximate surface area is 128 Å². The van der Waals surface area contributed by atoms with Crippen LogP contribution >= 0.6 is 11.3 Å². The molecule has 0 aliphatic heterocycles. The van der Waals surface area contributed by atoms with Gasteiger partial charge in [-0.1, -0.05) is 6.07 Å². The highest BCUT2D eigenvalue weighted by Gasteiger charge is 2.14. The summed E-state index contributed by atoms with van der Waals surface area (Å²) < 4.78 is 12.8. The number of carbonyl (C=O) groups is 1. The van der Waals surface area contributed by atoms with E-state index >= 15 is 0 Å². The quantitative estimate of drug-likeness (QED) is 0.735. The zero-order valence-corrected chi connectivity index (χ0v) is 13.1. The second kappa shape index (κ2) is 7.43. The summed E-state index contributed by atoms with van der Waals surface area (Å²) in [5, 5.41) is 2.08. The first-order valence-electron chi connectivity index (χ1n) is 6.93. The van der Waals surface area contributed by atoms with Gasteiger partial charge in [0, 0.05) is 23.9 Å². The molecule has 21 heavy (non-hydrogen) atoms. The Bertz CT molecular complexity index is 568. The molecular weight excluding hydrogens is 287 g/mol. The lowest BCUT2D eigenvalue weighted by atomic mass is 10.1. The molecule has 112 valence electrons. The smallest absolute Gasteiger partial charge is 0.182 e. The van der Waals surface area contributed by atoms with Crippen molar-refractivity contribution in [1.82, 2.24) is 9.88 Å². The number of likely N-dealkylation sites (N-methyl/N-ethyl adjacent to an activating group) is 1. The van der Waals surface area contributed by atoms with Crippen molar-refractivity contribution >= 4 is 17.1 Å². The number of aromatic nitrogens is 1. The van der Waals surface area contributed by atoms with Gasteiger partial charge in [-0.25, -0.2) is 4.39 Å². The van der Waals surface area contributed by atoms with Gasteiger partial charge >= 0.3 is 0 Å². The lowest BCUT2D eigenvalue weighted by molar-refractivity contribution is 0.0957. The average Bonchev–Trinajstić information content (AvgIpc) is 2.98. The number of ketones is 1. The molecule has 1 atom stereocenters. The maximum atomic E-state index is 12.8. The van der Waals surface area contributed by atoms with Gasteiger partial charge in [0.15, 0.2) is 5.78 Å². The van der Waals surface area contributed by atoms with E-state index < -0.39 is 5.82 Å². The highest BCUT2D eigenvalue weighted by molar-refractivity contribution is 7.09. The minimum Gasteiger partial charge on any atom is -0.303 e. The van der Waals surface area contributed by atoms with E-state index in [0.29, 0.717) is 24.7 Å². The van der Waals surface area contributed by atoms with E-state index in [2.05, 4.69) is 34.3 Å². The van der Waals surface area contributed by atoms with Gasteiger partial charge in [0.25, 0.3) is 0 Å². The van der Waals surface area contributed by atoms with Crippen molar-refractivity contribution in [3.05, 3.63) is 52.2 Å². The molecule has 0 spiro atoms. The average molecular weight is 306 g/mol. The molecule has 3 nitrogen and oxygen atoms in total. The third-order valence-electron chi connectivity index (χ3n) is 3.53. The SMILES string of the molecule is CC(Cc1cccs1)N(C)CCC(=O)c1ccc(F)cn1. The predicted octanol–water partition coefficient (Wildman–Crippen LogP) is 3.42. The molecule has 2 aromatic heterocycles. The van der Waals surface area contributed by atoms with Gasteiger partial charge in [-0.15, -0.1) is 11.3 Å². The molecule has 0 saturated carbocycles. The Morgan fingerprint density at radius 1 is 1.43 bits per heavy atom. The van der Waals surface area contributed by atoms with E-state index in [1.807, 2.05) is 7.05 Å². The summed E-state index contributed by atoms with van der Waals surface area (Å²) in [7, 11) is 2.02. The second-order valence-electron chi connectivity index (χ2n) is 5.15. The van der Waals surface area contributed by atoms with Crippen LogP contribution in [0, 0.1) is 5.82 Å². The number of carbonyl (C=O) groups excluding carboxylic acids is 1. The predicted molar refractivity (Wildman–Crippen MR) is 83.3 cm³/mol. The number of thiophene rings is 1. The number of nitrogens with zero attached hydrogens (tertiary/aromatic N) is 2. The molecule has 1 unspecified atom stereocenters. The molecule has 0 fully saturated rings. The summed E-state index contributed by atoms with van der Waals surface area (Å²) in [6.45, 7) is 2.82. The zero-order chi connectivity index (χ0) is 15.2. The standard InChI is InChI=1S/C16H19FN2OS/c1-12(10-14-4-3-9-21-14)19(2)8-7-16(20)15-6-5-13(17)11-18-15/h3-6,9,11-12H,7-8,10H2,1-2H3. The summed E-state index contributed by atoms with van der Waals surface area (Å²) >= 11 is 1.75. The van der Waals surface area contributed by atoms with Crippen LogP contribution in [0.1, 0.15) is 28.7 Å². The largest absolute Gasteiger partial charge is 0.303 e. The van der Waals surface area contributed by atoms with Crippen molar-refractivity contribution in [2.45, 2.75) is 25.8 Å². The van der Waals surface area contributed by atoms with Gasteiger partial charge in [-0.05, 0) is 44.0 Å². The molecule has 2 rings (SSSR count). The maximum Gasteiger partial charge on any atom is 0.182 e. The van der Waals surface area contributed by atoms with Gasteiger partial charge in [0.1, 0.15) is 11.5 Å². The van der Waals surface area contributed by atoms with Gasteiger partial charge < -0.3 is 4.90 Å². The molecule has 0 amide bonds. The summed E-state index contributed by atoms with van der Waals surface area (Å²) in [6, 6.07) is 7.26. The van der Waals surface area contributed by atoms with Crippen molar-refractivity contribution in [3.8, 4) is 0 Å². The van der Waals surface area contributed by atoms with Crippen molar-refractivity contribution in [2.75, 3.05) is 13.6 Å². The highest BCUT2D eigenvalue weighted by Crippen LogP contribution is 2.14. The lowest BCUT2D eigenvalue weighted by Gasteiger charge is -2.23. The van der Waals surface area contributed by atoms with Gasteiger partial charge in [0.2, 0.25) is 0 Å². The Kier molecular flexibility index (Phi) is 5.59. The summed E-state index contributed by atoms with van der Waals surface area (Å²) in [5.41, 5.74) is 0.329. The normalized spacial score (nSPS) is 12.6. The van der Waals surface area contributed by atoms with Crippen molar-refractivity contribution in [3.63, 3.8) is 0 Å².